The number of carbonyl (C=O) groups is 3. The molecular weight excluding hydrogens is 404 g/mol. The van der Waals surface area contributed by atoms with E-state index in [0.717, 1.165) is 25.9 Å². The summed E-state index contributed by atoms with van der Waals surface area (Å²) in [4.78, 5) is 39.0. The van der Waals surface area contributed by atoms with E-state index in [1.54, 1.807) is 48.5 Å². The molecule has 0 radical (unpaired) electrons. The van der Waals surface area contributed by atoms with Gasteiger partial charge < -0.3 is 20.9 Å². The van der Waals surface area contributed by atoms with Crippen LogP contribution in [0.4, 0.5) is 16.2 Å². The summed E-state index contributed by atoms with van der Waals surface area (Å²) in [6, 6.07) is 13.5. The zero-order valence-corrected chi connectivity index (χ0v) is 19.0. The van der Waals surface area contributed by atoms with E-state index in [1.807, 2.05) is 25.7 Å². The first kappa shape index (κ1) is 23.3. The van der Waals surface area contributed by atoms with E-state index >= 15 is 0 Å². The second-order valence-electron chi connectivity index (χ2n) is 9.14. The summed E-state index contributed by atoms with van der Waals surface area (Å²) < 4.78 is 0. The fraction of sp³-hybridized carbons (Fsp3) is 0.400. The molecule has 1 aliphatic rings. The van der Waals surface area contributed by atoms with Gasteiger partial charge in [0.25, 0.3) is 11.8 Å². The molecule has 0 aromatic heterocycles. The number of nitrogens with zero attached hydrogens (tertiary/aromatic N) is 1. The van der Waals surface area contributed by atoms with Crippen molar-refractivity contribution in [2.45, 2.75) is 52.0 Å². The fourth-order valence-corrected chi connectivity index (χ4v) is 3.50. The van der Waals surface area contributed by atoms with Crippen LogP contribution in [0.15, 0.2) is 48.5 Å². The zero-order valence-electron chi connectivity index (χ0n) is 19.0. The molecule has 170 valence electrons. The predicted molar refractivity (Wildman–Crippen MR) is 127 cm³/mol. The van der Waals surface area contributed by atoms with Crippen molar-refractivity contribution in [2.75, 3.05) is 23.7 Å². The van der Waals surface area contributed by atoms with Gasteiger partial charge in [0, 0.05) is 41.1 Å². The lowest BCUT2D eigenvalue weighted by atomic mass is 10.1. The molecule has 7 nitrogen and oxygen atoms in total. The largest absolute Gasteiger partial charge is 0.347 e. The van der Waals surface area contributed by atoms with Crippen LogP contribution in [0, 0.1) is 0 Å². The van der Waals surface area contributed by atoms with Gasteiger partial charge in [-0.15, -0.1) is 0 Å². The SMILES string of the molecule is CC(C)(C)NC(=O)c1ccc(C(=O)Nc2ccc(NC(=O)N3CCCCCC3)cc2)cc1. The van der Waals surface area contributed by atoms with Gasteiger partial charge in [-0.05, 0) is 82.1 Å². The average Bonchev–Trinajstić information content (AvgIpc) is 3.04. The molecule has 1 saturated heterocycles. The van der Waals surface area contributed by atoms with Crippen LogP contribution >= 0.6 is 0 Å². The topological polar surface area (TPSA) is 90.5 Å². The maximum atomic E-state index is 12.5. The third kappa shape index (κ3) is 6.83. The molecule has 3 rings (SSSR count). The number of carbonyl (C=O) groups excluding carboxylic acids is 3. The minimum absolute atomic E-state index is 0.0840. The highest BCUT2D eigenvalue weighted by molar-refractivity contribution is 6.05. The fourth-order valence-electron chi connectivity index (χ4n) is 3.50. The molecule has 0 bridgehead atoms. The minimum Gasteiger partial charge on any atom is -0.347 e. The van der Waals surface area contributed by atoms with E-state index in [9.17, 15) is 14.4 Å². The predicted octanol–water partition coefficient (Wildman–Crippen LogP) is 4.88. The Labute approximate surface area is 189 Å². The lowest BCUT2D eigenvalue weighted by Gasteiger charge is -2.20. The number of nitrogens with one attached hydrogen (secondary N) is 3. The number of rotatable bonds is 4. The summed E-state index contributed by atoms with van der Waals surface area (Å²) in [6.45, 7) is 7.32. The first-order chi connectivity index (χ1) is 15.2. The Hall–Kier alpha value is -3.35. The molecule has 0 spiro atoms. The Morgan fingerprint density at radius 2 is 1.16 bits per heavy atom. The highest BCUT2D eigenvalue weighted by Gasteiger charge is 2.17. The van der Waals surface area contributed by atoms with Gasteiger partial charge >= 0.3 is 6.03 Å². The molecule has 7 heteroatoms. The van der Waals surface area contributed by atoms with Crippen LogP contribution in [-0.2, 0) is 0 Å². The maximum Gasteiger partial charge on any atom is 0.321 e. The van der Waals surface area contributed by atoms with Crippen LogP contribution in [0.3, 0.4) is 0 Å². The Morgan fingerprint density at radius 3 is 1.66 bits per heavy atom. The molecule has 1 aliphatic heterocycles. The van der Waals surface area contributed by atoms with Crippen molar-refractivity contribution in [3.63, 3.8) is 0 Å². The van der Waals surface area contributed by atoms with Gasteiger partial charge in [0.2, 0.25) is 0 Å². The Balaban J connectivity index is 1.55. The average molecular weight is 437 g/mol. The number of benzene rings is 2. The molecule has 32 heavy (non-hydrogen) atoms. The Morgan fingerprint density at radius 1 is 0.688 bits per heavy atom. The Kier molecular flexibility index (Phi) is 7.51. The molecule has 3 N–H and O–H groups in total. The maximum absolute atomic E-state index is 12.5. The van der Waals surface area contributed by atoms with Crippen molar-refractivity contribution in [1.82, 2.24) is 10.2 Å². The number of anilines is 2. The molecule has 0 saturated carbocycles. The number of urea groups is 1. The van der Waals surface area contributed by atoms with Gasteiger partial charge in [0.1, 0.15) is 0 Å². The van der Waals surface area contributed by atoms with Crippen LogP contribution < -0.4 is 16.0 Å². The van der Waals surface area contributed by atoms with Crippen molar-refractivity contribution in [1.29, 1.82) is 0 Å². The highest BCUT2D eigenvalue weighted by Crippen LogP contribution is 2.17. The van der Waals surface area contributed by atoms with E-state index in [2.05, 4.69) is 16.0 Å². The van der Waals surface area contributed by atoms with Gasteiger partial charge in [-0.25, -0.2) is 4.79 Å². The lowest BCUT2D eigenvalue weighted by molar-refractivity contribution is 0.0918. The van der Waals surface area contributed by atoms with E-state index in [4.69, 9.17) is 0 Å². The zero-order chi connectivity index (χ0) is 23.1. The van der Waals surface area contributed by atoms with Gasteiger partial charge in [0.05, 0.1) is 0 Å². The second kappa shape index (κ2) is 10.3. The van der Waals surface area contributed by atoms with Crippen molar-refractivity contribution >= 4 is 29.2 Å². The molecule has 4 amide bonds. The highest BCUT2D eigenvalue weighted by atomic mass is 16.2. The van der Waals surface area contributed by atoms with E-state index in [0.29, 0.717) is 22.5 Å². The molecule has 0 unspecified atom stereocenters. The molecule has 2 aromatic rings. The monoisotopic (exact) mass is 436 g/mol. The summed E-state index contributed by atoms with van der Waals surface area (Å²) in [5.74, 6) is -0.448. The first-order valence-electron chi connectivity index (χ1n) is 11.1. The normalized spacial score (nSPS) is 14.3. The van der Waals surface area contributed by atoms with E-state index in [1.165, 1.54) is 12.8 Å². The van der Waals surface area contributed by atoms with Crippen LogP contribution in [0.25, 0.3) is 0 Å². The third-order valence-electron chi connectivity index (χ3n) is 5.19. The summed E-state index contributed by atoms with van der Waals surface area (Å²) >= 11 is 0. The number of hydrogen-bond acceptors (Lipinski definition) is 3. The first-order valence-corrected chi connectivity index (χ1v) is 11.1. The molecule has 0 aliphatic carbocycles. The lowest BCUT2D eigenvalue weighted by Crippen LogP contribution is -2.40. The molecule has 2 aromatic carbocycles. The van der Waals surface area contributed by atoms with Gasteiger partial charge in [-0.2, -0.15) is 0 Å². The van der Waals surface area contributed by atoms with Crippen LogP contribution in [-0.4, -0.2) is 41.4 Å². The van der Waals surface area contributed by atoms with Crippen molar-refractivity contribution in [2.24, 2.45) is 0 Å². The quantitative estimate of drug-likeness (QED) is 0.638. The smallest absolute Gasteiger partial charge is 0.321 e. The van der Waals surface area contributed by atoms with E-state index < -0.39 is 0 Å². The van der Waals surface area contributed by atoms with E-state index in [-0.39, 0.29) is 23.4 Å². The van der Waals surface area contributed by atoms with Crippen molar-refractivity contribution < 1.29 is 14.4 Å². The summed E-state index contributed by atoms with van der Waals surface area (Å²) in [5, 5.41) is 8.65. The van der Waals surface area contributed by atoms with Gasteiger partial charge in [-0.3, -0.25) is 9.59 Å². The van der Waals surface area contributed by atoms with Gasteiger partial charge in [-0.1, -0.05) is 12.8 Å². The number of amides is 4. The molecule has 1 heterocycles. The van der Waals surface area contributed by atoms with Crippen LogP contribution in [0.1, 0.15) is 67.2 Å². The number of likely N-dealkylation sites (tertiary alicyclic amines) is 1. The third-order valence-corrected chi connectivity index (χ3v) is 5.19. The van der Waals surface area contributed by atoms with Crippen molar-refractivity contribution in [3.8, 4) is 0 Å². The van der Waals surface area contributed by atoms with Crippen LogP contribution in [0.2, 0.25) is 0 Å². The summed E-state index contributed by atoms with van der Waals surface area (Å²) in [6.07, 6.45) is 4.43. The van der Waals surface area contributed by atoms with Crippen LogP contribution in [0.5, 0.6) is 0 Å². The summed E-state index contributed by atoms with van der Waals surface area (Å²) in [5.41, 5.74) is 1.94. The molecular formula is C25H32N4O3. The summed E-state index contributed by atoms with van der Waals surface area (Å²) in [7, 11) is 0. The Bertz CT molecular complexity index is 939. The molecule has 0 atom stereocenters. The van der Waals surface area contributed by atoms with Gasteiger partial charge in [0.15, 0.2) is 0 Å². The second-order valence-corrected chi connectivity index (χ2v) is 9.14. The molecule has 1 fully saturated rings. The van der Waals surface area contributed by atoms with Crippen molar-refractivity contribution in [3.05, 3.63) is 59.7 Å². The standard InChI is InChI=1S/C25H32N4O3/c1-25(2,3)28-23(31)19-10-8-18(9-11-19)22(30)26-20-12-14-21(15-13-20)27-24(32)29-16-6-4-5-7-17-29/h8-15H,4-7,16-17H2,1-3H3,(H,26,30)(H,27,32)(H,28,31). The minimum atomic E-state index is -0.328. The number of hydrogen-bond donors (Lipinski definition) is 3.